The van der Waals surface area contributed by atoms with Crippen LogP contribution >= 0.6 is 0 Å². The second-order valence-corrected chi connectivity index (χ2v) is 4.51. The predicted molar refractivity (Wildman–Crippen MR) is 61.1 cm³/mol. The highest BCUT2D eigenvalue weighted by molar-refractivity contribution is 5.84. The second kappa shape index (κ2) is 6.18. The number of nitrogens with two attached hydrogens (primary N) is 1. The summed E-state index contributed by atoms with van der Waals surface area (Å²) in [5, 5.41) is 3.23. The van der Waals surface area contributed by atoms with Gasteiger partial charge in [0.2, 0.25) is 5.91 Å². The van der Waals surface area contributed by atoms with E-state index in [1.165, 1.54) is 0 Å². The lowest BCUT2D eigenvalue weighted by atomic mass is 10.0. The highest BCUT2D eigenvalue weighted by atomic mass is 16.5. The van der Waals surface area contributed by atoms with Crippen molar-refractivity contribution in [3.63, 3.8) is 0 Å². The molecule has 0 bridgehead atoms. The van der Waals surface area contributed by atoms with Crippen LogP contribution in [0.4, 0.5) is 0 Å². The molecule has 0 saturated heterocycles. The molecule has 0 aromatic carbocycles. The summed E-state index contributed by atoms with van der Waals surface area (Å²) in [6.07, 6.45) is 3.06. The minimum absolute atomic E-state index is 0.322. The van der Waals surface area contributed by atoms with Crippen molar-refractivity contribution >= 4 is 5.91 Å². The number of primary amides is 1. The van der Waals surface area contributed by atoms with E-state index in [0.717, 1.165) is 19.3 Å². The first-order valence-corrected chi connectivity index (χ1v) is 5.73. The van der Waals surface area contributed by atoms with Gasteiger partial charge in [0.05, 0.1) is 6.61 Å². The topological polar surface area (TPSA) is 73.6 Å². The number of rotatable bonds is 9. The van der Waals surface area contributed by atoms with Crippen molar-refractivity contribution in [2.45, 2.75) is 37.8 Å². The predicted octanol–water partition coefficient (Wildman–Crippen LogP) is 0.0355. The van der Waals surface area contributed by atoms with Crippen molar-refractivity contribution in [3.05, 3.63) is 0 Å². The molecule has 3 N–H and O–H groups in total. The number of methoxy groups -OCH3 is 1. The fourth-order valence-corrected chi connectivity index (χ4v) is 1.44. The largest absolute Gasteiger partial charge is 0.385 e. The zero-order chi connectivity index (χ0) is 12.0. The molecule has 1 atom stereocenters. The van der Waals surface area contributed by atoms with Crippen LogP contribution in [0.5, 0.6) is 0 Å². The molecule has 0 spiro atoms. The van der Waals surface area contributed by atoms with E-state index in [1.807, 2.05) is 0 Å². The standard InChI is InChI=1S/C11H22N2O3/c1-11(10(12)14,13-9-4-5-9)8-16-7-3-6-15-2/h9,13H,3-8H2,1-2H3,(H2,12,14). The van der Waals surface area contributed by atoms with Crippen LogP contribution in [0, 0.1) is 0 Å². The molecule has 1 amide bonds. The summed E-state index contributed by atoms with van der Waals surface area (Å²) in [5.41, 5.74) is 4.64. The highest BCUT2D eigenvalue weighted by Gasteiger charge is 2.37. The fraction of sp³-hybridized carbons (Fsp3) is 0.909. The Kier molecular flexibility index (Phi) is 5.18. The molecule has 1 saturated carbocycles. The van der Waals surface area contributed by atoms with Gasteiger partial charge in [-0.25, -0.2) is 0 Å². The molecule has 0 aliphatic heterocycles. The van der Waals surface area contributed by atoms with Gasteiger partial charge in [-0.05, 0) is 26.2 Å². The summed E-state index contributed by atoms with van der Waals surface area (Å²) in [6, 6.07) is 0.431. The Bertz CT molecular complexity index is 231. The van der Waals surface area contributed by atoms with Gasteiger partial charge in [0.25, 0.3) is 0 Å². The van der Waals surface area contributed by atoms with E-state index in [0.29, 0.717) is 25.9 Å². The van der Waals surface area contributed by atoms with Gasteiger partial charge in [-0.15, -0.1) is 0 Å². The molecule has 0 radical (unpaired) electrons. The average molecular weight is 230 g/mol. The molecule has 1 fully saturated rings. The van der Waals surface area contributed by atoms with Crippen LogP contribution < -0.4 is 11.1 Å². The summed E-state index contributed by atoms with van der Waals surface area (Å²) in [5.74, 6) is -0.355. The molecule has 5 nitrogen and oxygen atoms in total. The third-order valence-electron chi connectivity index (χ3n) is 2.67. The van der Waals surface area contributed by atoms with Crippen LogP contribution in [-0.2, 0) is 14.3 Å². The van der Waals surface area contributed by atoms with Crippen LogP contribution in [0.2, 0.25) is 0 Å². The third-order valence-corrected chi connectivity index (χ3v) is 2.67. The molecule has 0 heterocycles. The van der Waals surface area contributed by atoms with Crippen molar-refractivity contribution in [2.75, 3.05) is 26.9 Å². The lowest BCUT2D eigenvalue weighted by molar-refractivity contribution is -0.126. The van der Waals surface area contributed by atoms with Crippen molar-refractivity contribution in [3.8, 4) is 0 Å². The number of carbonyl (C=O) groups is 1. The van der Waals surface area contributed by atoms with Gasteiger partial charge in [0.1, 0.15) is 5.54 Å². The summed E-state index contributed by atoms with van der Waals surface area (Å²) in [6.45, 7) is 3.37. The van der Waals surface area contributed by atoms with Crippen molar-refractivity contribution in [2.24, 2.45) is 5.73 Å². The van der Waals surface area contributed by atoms with Gasteiger partial charge in [0.15, 0.2) is 0 Å². The highest BCUT2D eigenvalue weighted by Crippen LogP contribution is 2.22. The van der Waals surface area contributed by atoms with Crippen LogP contribution in [0.15, 0.2) is 0 Å². The molecular formula is C11H22N2O3. The van der Waals surface area contributed by atoms with Crippen molar-refractivity contribution < 1.29 is 14.3 Å². The molecular weight excluding hydrogens is 208 g/mol. The number of hydrogen-bond donors (Lipinski definition) is 2. The Balaban J connectivity index is 2.23. The first-order chi connectivity index (χ1) is 7.58. The Morgan fingerprint density at radius 2 is 2.19 bits per heavy atom. The van der Waals surface area contributed by atoms with Crippen LogP contribution in [0.25, 0.3) is 0 Å². The number of amides is 1. The Morgan fingerprint density at radius 3 is 2.69 bits per heavy atom. The zero-order valence-corrected chi connectivity index (χ0v) is 10.1. The van der Waals surface area contributed by atoms with Crippen LogP contribution in [0.3, 0.4) is 0 Å². The first-order valence-electron chi connectivity index (χ1n) is 5.73. The molecule has 1 unspecified atom stereocenters. The van der Waals surface area contributed by atoms with E-state index in [1.54, 1.807) is 14.0 Å². The van der Waals surface area contributed by atoms with Gasteiger partial charge in [-0.3, -0.25) is 10.1 Å². The Labute approximate surface area is 96.7 Å². The zero-order valence-electron chi connectivity index (χ0n) is 10.1. The first kappa shape index (κ1) is 13.4. The number of nitrogens with one attached hydrogen (secondary N) is 1. The van der Waals surface area contributed by atoms with Gasteiger partial charge in [0, 0.05) is 26.4 Å². The molecule has 1 aliphatic carbocycles. The minimum Gasteiger partial charge on any atom is -0.385 e. The Morgan fingerprint density at radius 1 is 1.50 bits per heavy atom. The number of ether oxygens (including phenoxy) is 2. The molecule has 94 valence electrons. The number of carbonyl (C=O) groups excluding carboxylic acids is 1. The lowest BCUT2D eigenvalue weighted by Gasteiger charge is -2.27. The molecule has 0 aromatic rings. The summed E-state index contributed by atoms with van der Waals surface area (Å²) in [7, 11) is 1.65. The third kappa shape index (κ3) is 4.47. The molecule has 0 aromatic heterocycles. The maximum atomic E-state index is 11.4. The van der Waals surface area contributed by atoms with E-state index in [-0.39, 0.29) is 5.91 Å². The normalized spacial score (nSPS) is 19.4. The van der Waals surface area contributed by atoms with E-state index in [2.05, 4.69) is 5.32 Å². The van der Waals surface area contributed by atoms with Crippen LogP contribution in [0.1, 0.15) is 26.2 Å². The van der Waals surface area contributed by atoms with Gasteiger partial charge in [-0.2, -0.15) is 0 Å². The SMILES string of the molecule is COCCCOCC(C)(NC1CC1)C(N)=O. The Hall–Kier alpha value is -0.650. The van der Waals surface area contributed by atoms with Crippen LogP contribution in [-0.4, -0.2) is 44.4 Å². The van der Waals surface area contributed by atoms with E-state index in [9.17, 15) is 4.79 Å². The van der Waals surface area contributed by atoms with E-state index >= 15 is 0 Å². The van der Waals surface area contributed by atoms with Crippen molar-refractivity contribution in [1.29, 1.82) is 0 Å². The monoisotopic (exact) mass is 230 g/mol. The van der Waals surface area contributed by atoms with E-state index < -0.39 is 5.54 Å². The average Bonchev–Trinajstić information content (AvgIpc) is 3.01. The van der Waals surface area contributed by atoms with Gasteiger partial charge < -0.3 is 15.2 Å². The summed E-state index contributed by atoms with van der Waals surface area (Å²) in [4.78, 5) is 11.4. The molecule has 1 rings (SSSR count). The van der Waals surface area contributed by atoms with E-state index in [4.69, 9.17) is 15.2 Å². The smallest absolute Gasteiger partial charge is 0.239 e. The summed E-state index contributed by atoms with van der Waals surface area (Å²) < 4.78 is 10.4. The van der Waals surface area contributed by atoms with Gasteiger partial charge in [-0.1, -0.05) is 0 Å². The fourth-order valence-electron chi connectivity index (χ4n) is 1.44. The lowest BCUT2D eigenvalue weighted by Crippen LogP contribution is -2.57. The summed E-state index contributed by atoms with van der Waals surface area (Å²) >= 11 is 0. The number of hydrogen-bond acceptors (Lipinski definition) is 4. The molecule has 1 aliphatic rings. The maximum absolute atomic E-state index is 11.4. The quantitative estimate of drug-likeness (QED) is 0.548. The second-order valence-electron chi connectivity index (χ2n) is 4.51. The van der Waals surface area contributed by atoms with Gasteiger partial charge >= 0.3 is 0 Å². The molecule has 5 heteroatoms. The minimum atomic E-state index is -0.742. The maximum Gasteiger partial charge on any atom is 0.239 e. The van der Waals surface area contributed by atoms with Crippen molar-refractivity contribution in [1.82, 2.24) is 5.32 Å². The molecule has 16 heavy (non-hydrogen) atoms.